The summed E-state index contributed by atoms with van der Waals surface area (Å²) in [4.78, 5) is 4.49. The number of rotatable bonds is 4. The summed E-state index contributed by atoms with van der Waals surface area (Å²) >= 11 is 7.91. The lowest BCUT2D eigenvalue weighted by Crippen LogP contribution is -2.08. The fourth-order valence-electron chi connectivity index (χ4n) is 3.11. The fourth-order valence-corrected chi connectivity index (χ4v) is 4.26. The summed E-state index contributed by atoms with van der Waals surface area (Å²) in [6, 6.07) is 8.33. The molecule has 4 rings (SSSR count). The smallest absolute Gasteiger partial charge is 0.209 e. The molecule has 0 spiro atoms. The van der Waals surface area contributed by atoms with E-state index in [4.69, 9.17) is 11.6 Å². The van der Waals surface area contributed by atoms with Crippen molar-refractivity contribution < 1.29 is 0 Å². The molecule has 0 aliphatic heterocycles. The number of pyridine rings is 1. The molecule has 1 fully saturated rings. The molecule has 1 aliphatic carbocycles. The highest BCUT2D eigenvalue weighted by atomic mass is 35.5. The van der Waals surface area contributed by atoms with Gasteiger partial charge < -0.3 is 0 Å². The van der Waals surface area contributed by atoms with Crippen molar-refractivity contribution in [1.82, 2.24) is 25.2 Å². The van der Waals surface area contributed by atoms with E-state index in [1.54, 1.807) is 18.0 Å². The zero-order chi connectivity index (χ0) is 15.6. The second-order valence-electron chi connectivity index (χ2n) is 5.74. The lowest BCUT2D eigenvalue weighted by molar-refractivity contribution is 0.423. The van der Waals surface area contributed by atoms with Crippen molar-refractivity contribution in [2.24, 2.45) is 0 Å². The molecule has 0 saturated heterocycles. The van der Waals surface area contributed by atoms with Crippen molar-refractivity contribution in [3.8, 4) is 0 Å². The monoisotopic (exact) mass is 345 g/mol. The maximum Gasteiger partial charge on any atom is 0.209 e. The molecule has 0 N–H and O–H groups in total. The standard InChI is InChI=1S/C16H16ClN5S/c17-14-8-7-11(15-13(14)6-3-9-18-15)10-23-16-19-20-21-22(16)12-4-1-2-5-12/h3,6-9,12H,1-2,4-5,10H2. The highest BCUT2D eigenvalue weighted by molar-refractivity contribution is 7.98. The average Bonchev–Trinajstić information content (AvgIpc) is 3.25. The van der Waals surface area contributed by atoms with Gasteiger partial charge in [0.15, 0.2) is 0 Å². The zero-order valence-electron chi connectivity index (χ0n) is 12.5. The minimum Gasteiger partial charge on any atom is -0.256 e. The third-order valence-corrected chi connectivity index (χ3v) is 5.60. The van der Waals surface area contributed by atoms with E-state index in [2.05, 4.69) is 20.5 Å². The second kappa shape index (κ2) is 6.45. The molecule has 0 radical (unpaired) electrons. The maximum absolute atomic E-state index is 6.26. The van der Waals surface area contributed by atoms with Gasteiger partial charge in [-0.15, -0.1) is 5.10 Å². The Morgan fingerprint density at radius 2 is 2.09 bits per heavy atom. The lowest BCUT2D eigenvalue weighted by Gasteiger charge is -2.11. The number of hydrogen-bond acceptors (Lipinski definition) is 5. The molecular formula is C16H16ClN5S. The van der Waals surface area contributed by atoms with Crippen molar-refractivity contribution in [3.63, 3.8) is 0 Å². The van der Waals surface area contributed by atoms with E-state index in [-0.39, 0.29) is 0 Å². The molecule has 2 heterocycles. The van der Waals surface area contributed by atoms with Gasteiger partial charge in [0.2, 0.25) is 5.16 Å². The first kappa shape index (κ1) is 14.9. The minimum atomic E-state index is 0.451. The zero-order valence-corrected chi connectivity index (χ0v) is 14.1. The topological polar surface area (TPSA) is 56.5 Å². The first-order valence-electron chi connectivity index (χ1n) is 7.76. The van der Waals surface area contributed by atoms with E-state index in [0.717, 1.165) is 32.4 Å². The van der Waals surface area contributed by atoms with E-state index >= 15 is 0 Å². The van der Waals surface area contributed by atoms with Gasteiger partial charge in [-0.1, -0.05) is 42.3 Å². The first-order chi connectivity index (χ1) is 11.3. The van der Waals surface area contributed by atoms with Crippen LogP contribution in [0.5, 0.6) is 0 Å². The summed E-state index contributed by atoms with van der Waals surface area (Å²) in [6.07, 6.45) is 6.67. The highest BCUT2D eigenvalue weighted by Gasteiger charge is 2.21. The van der Waals surface area contributed by atoms with E-state index in [0.29, 0.717) is 6.04 Å². The Balaban J connectivity index is 1.58. The Hall–Kier alpha value is -1.66. The summed E-state index contributed by atoms with van der Waals surface area (Å²) in [5, 5.41) is 14.8. The van der Waals surface area contributed by atoms with Gasteiger partial charge in [0, 0.05) is 22.4 Å². The van der Waals surface area contributed by atoms with Gasteiger partial charge in [0.25, 0.3) is 0 Å². The molecule has 3 aromatic rings. The molecule has 1 saturated carbocycles. The quantitative estimate of drug-likeness (QED) is 0.660. The SMILES string of the molecule is Clc1ccc(CSc2nnnn2C2CCCC2)c2ncccc12. The van der Waals surface area contributed by atoms with Crippen LogP contribution < -0.4 is 0 Å². The number of thioether (sulfide) groups is 1. The Kier molecular flexibility index (Phi) is 4.18. The molecule has 2 aromatic heterocycles. The van der Waals surface area contributed by atoms with E-state index in [1.807, 2.05) is 28.9 Å². The van der Waals surface area contributed by atoms with Gasteiger partial charge in [0.1, 0.15) is 0 Å². The lowest BCUT2D eigenvalue weighted by atomic mass is 10.1. The molecule has 118 valence electrons. The van der Waals surface area contributed by atoms with E-state index in [1.165, 1.54) is 25.7 Å². The third-order valence-electron chi connectivity index (χ3n) is 4.29. The van der Waals surface area contributed by atoms with Crippen molar-refractivity contribution in [2.75, 3.05) is 0 Å². The molecule has 23 heavy (non-hydrogen) atoms. The molecule has 0 atom stereocenters. The molecule has 0 bridgehead atoms. The third kappa shape index (κ3) is 2.93. The van der Waals surface area contributed by atoms with Crippen LogP contribution in [0.2, 0.25) is 5.02 Å². The fraction of sp³-hybridized carbons (Fsp3) is 0.375. The number of tetrazole rings is 1. The number of halogens is 1. The number of nitrogens with zero attached hydrogens (tertiary/aromatic N) is 5. The van der Waals surface area contributed by atoms with Gasteiger partial charge in [0.05, 0.1) is 11.6 Å². The molecular weight excluding hydrogens is 330 g/mol. The van der Waals surface area contributed by atoms with Gasteiger partial charge in [-0.2, -0.15) is 0 Å². The first-order valence-corrected chi connectivity index (χ1v) is 9.12. The van der Waals surface area contributed by atoms with Crippen LogP contribution in [0.1, 0.15) is 37.3 Å². The van der Waals surface area contributed by atoms with Crippen molar-refractivity contribution in [2.45, 2.75) is 42.6 Å². The van der Waals surface area contributed by atoms with Crippen LogP contribution in [-0.4, -0.2) is 25.2 Å². The van der Waals surface area contributed by atoms with Crippen molar-refractivity contribution in [1.29, 1.82) is 0 Å². The average molecular weight is 346 g/mol. The molecule has 5 nitrogen and oxygen atoms in total. The summed E-state index contributed by atoms with van der Waals surface area (Å²) in [7, 11) is 0. The number of fused-ring (bicyclic) bond motifs is 1. The van der Waals surface area contributed by atoms with Gasteiger partial charge in [-0.05, 0) is 47.0 Å². The van der Waals surface area contributed by atoms with Gasteiger partial charge >= 0.3 is 0 Å². The summed E-state index contributed by atoms with van der Waals surface area (Å²) in [5.41, 5.74) is 2.10. The van der Waals surface area contributed by atoms with Crippen LogP contribution in [0, 0.1) is 0 Å². The molecule has 7 heteroatoms. The van der Waals surface area contributed by atoms with Crippen LogP contribution in [0.15, 0.2) is 35.6 Å². The number of benzene rings is 1. The van der Waals surface area contributed by atoms with E-state index in [9.17, 15) is 0 Å². The highest BCUT2D eigenvalue weighted by Crippen LogP contribution is 2.33. The molecule has 1 aromatic carbocycles. The molecule has 1 aliphatic rings. The number of hydrogen-bond donors (Lipinski definition) is 0. The summed E-state index contributed by atoms with van der Waals surface area (Å²) < 4.78 is 1.99. The van der Waals surface area contributed by atoms with Crippen LogP contribution in [0.25, 0.3) is 10.9 Å². The Bertz CT molecular complexity index is 828. The second-order valence-corrected chi connectivity index (χ2v) is 7.09. The van der Waals surface area contributed by atoms with Crippen molar-refractivity contribution >= 4 is 34.3 Å². The predicted octanol–water partition coefficient (Wildman–Crippen LogP) is 4.28. The van der Waals surface area contributed by atoms with Crippen LogP contribution >= 0.6 is 23.4 Å². The Morgan fingerprint density at radius 3 is 2.96 bits per heavy atom. The minimum absolute atomic E-state index is 0.451. The molecule has 0 amide bonds. The molecule has 0 unspecified atom stereocenters. The Labute approximate surface area is 143 Å². The van der Waals surface area contributed by atoms with Crippen LogP contribution in [-0.2, 0) is 5.75 Å². The number of aromatic nitrogens is 5. The van der Waals surface area contributed by atoms with Crippen molar-refractivity contribution in [3.05, 3.63) is 41.0 Å². The maximum atomic E-state index is 6.26. The van der Waals surface area contributed by atoms with Gasteiger partial charge in [-0.25, -0.2) is 4.68 Å². The van der Waals surface area contributed by atoms with Crippen LogP contribution in [0.3, 0.4) is 0 Å². The van der Waals surface area contributed by atoms with Crippen LogP contribution in [0.4, 0.5) is 0 Å². The predicted molar refractivity (Wildman–Crippen MR) is 91.6 cm³/mol. The Morgan fingerprint density at radius 1 is 1.22 bits per heavy atom. The van der Waals surface area contributed by atoms with E-state index < -0.39 is 0 Å². The largest absolute Gasteiger partial charge is 0.256 e. The summed E-state index contributed by atoms with van der Waals surface area (Å²) in [5.74, 6) is 0.776. The normalized spacial score (nSPS) is 15.5. The van der Waals surface area contributed by atoms with Gasteiger partial charge in [-0.3, -0.25) is 4.98 Å². The summed E-state index contributed by atoms with van der Waals surface area (Å²) in [6.45, 7) is 0.